The molecule has 0 radical (unpaired) electrons. The Morgan fingerprint density at radius 1 is 1.07 bits per heavy atom. The standard InChI is InChI=1S/C33H44N4O7/c1-5-22(20-38)37-29-31(41)36(24-14-12-23(13-15-24)35(6-2)7-3)18-10-8-9-11-26(39)34-19-21(4)43-32(42)27-25-16-17-33(29,44-25)28(27)30(37)40/h8,10,12-17,21-22,25,27-29,38H,5-7,9,11,18-20H2,1-4H3,(H,34,39)/b10-8-/t21-,22-,25+,27-,28-,29+,33-/m0/s1. The van der Waals surface area contributed by atoms with Crippen LogP contribution in [0.5, 0.6) is 0 Å². The highest BCUT2D eigenvalue weighted by atomic mass is 16.6. The molecule has 5 bridgehead atoms. The number of hydrogen-bond donors (Lipinski definition) is 2. The summed E-state index contributed by atoms with van der Waals surface area (Å²) in [6, 6.07) is 5.96. The highest BCUT2D eigenvalue weighted by Gasteiger charge is 2.74. The van der Waals surface area contributed by atoms with Gasteiger partial charge in [0.25, 0.3) is 5.91 Å². The summed E-state index contributed by atoms with van der Waals surface area (Å²) in [5, 5.41) is 13.2. The average molecular weight is 609 g/mol. The molecule has 0 unspecified atom stereocenters. The van der Waals surface area contributed by atoms with Crippen molar-refractivity contribution < 1.29 is 33.8 Å². The molecule has 11 heteroatoms. The van der Waals surface area contributed by atoms with Crippen molar-refractivity contribution in [2.45, 2.75) is 76.9 Å². The molecule has 0 aromatic heterocycles. The van der Waals surface area contributed by atoms with E-state index in [4.69, 9.17) is 9.47 Å². The predicted octanol–water partition coefficient (Wildman–Crippen LogP) is 2.19. The molecule has 4 heterocycles. The number of ether oxygens (including phenoxy) is 2. The van der Waals surface area contributed by atoms with Crippen molar-refractivity contribution in [3.8, 4) is 0 Å². The second-order valence-corrected chi connectivity index (χ2v) is 11.9. The van der Waals surface area contributed by atoms with E-state index < -0.39 is 53.6 Å². The minimum absolute atomic E-state index is 0.138. The summed E-state index contributed by atoms with van der Waals surface area (Å²) in [5.74, 6) is -3.51. The van der Waals surface area contributed by atoms with Crippen LogP contribution < -0.4 is 15.1 Å². The van der Waals surface area contributed by atoms with E-state index in [1.807, 2.05) is 43.3 Å². The number of hydrogen-bond acceptors (Lipinski definition) is 8. The van der Waals surface area contributed by atoms with E-state index in [1.165, 1.54) is 4.90 Å². The van der Waals surface area contributed by atoms with Crippen molar-refractivity contribution in [2.75, 3.05) is 42.6 Å². The quantitative estimate of drug-likeness (QED) is 0.356. The van der Waals surface area contributed by atoms with Gasteiger partial charge in [-0.2, -0.15) is 0 Å². The Balaban J connectivity index is 1.60. The van der Waals surface area contributed by atoms with Gasteiger partial charge in [-0.05, 0) is 57.9 Å². The molecule has 4 aliphatic rings. The summed E-state index contributed by atoms with van der Waals surface area (Å²) < 4.78 is 12.2. The Morgan fingerprint density at radius 2 is 1.80 bits per heavy atom. The van der Waals surface area contributed by atoms with Gasteiger partial charge in [0.05, 0.1) is 31.2 Å². The molecule has 238 valence electrons. The van der Waals surface area contributed by atoms with Gasteiger partial charge in [-0.3, -0.25) is 19.2 Å². The lowest BCUT2D eigenvalue weighted by Crippen LogP contribution is -2.58. The summed E-state index contributed by atoms with van der Waals surface area (Å²) in [6.45, 7) is 9.36. The Morgan fingerprint density at radius 3 is 2.45 bits per heavy atom. The molecular weight excluding hydrogens is 564 g/mol. The number of benzene rings is 1. The molecular formula is C33H44N4O7. The average Bonchev–Trinajstić information content (AvgIpc) is 3.66. The number of carbonyl (C=O) groups is 4. The number of carbonyl (C=O) groups excluding carboxylic acids is 4. The van der Waals surface area contributed by atoms with Crippen LogP contribution >= 0.6 is 0 Å². The Hall–Kier alpha value is -3.70. The van der Waals surface area contributed by atoms with Gasteiger partial charge in [0.1, 0.15) is 23.7 Å². The van der Waals surface area contributed by atoms with Crippen LogP contribution in [0.25, 0.3) is 0 Å². The zero-order chi connectivity index (χ0) is 31.6. The number of fused-ring (bicyclic) bond motifs is 2. The van der Waals surface area contributed by atoms with E-state index in [1.54, 1.807) is 24.0 Å². The van der Waals surface area contributed by atoms with E-state index in [0.717, 1.165) is 18.8 Å². The summed E-state index contributed by atoms with van der Waals surface area (Å²) >= 11 is 0. The number of likely N-dealkylation sites (tertiary alicyclic amines) is 1. The number of esters is 1. The lowest BCUT2D eigenvalue weighted by molar-refractivity contribution is -0.159. The van der Waals surface area contributed by atoms with Gasteiger partial charge in [-0.1, -0.05) is 31.2 Å². The van der Waals surface area contributed by atoms with Crippen molar-refractivity contribution in [3.05, 3.63) is 48.6 Å². The molecule has 0 aliphatic carbocycles. The number of nitrogens with zero attached hydrogens (tertiary/aromatic N) is 3. The lowest BCUT2D eigenvalue weighted by Gasteiger charge is -2.38. The number of anilines is 2. The molecule has 2 fully saturated rings. The van der Waals surface area contributed by atoms with Crippen LogP contribution in [-0.2, 0) is 28.7 Å². The van der Waals surface area contributed by atoms with Gasteiger partial charge in [0.15, 0.2) is 0 Å². The van der Waals surface area contributed by atoms with Gasteiger partial charge in [-0.25, -0.2) is 0 Å². The van der Waals surface area contributed by atoms with E-state index >= 15 is 0 Å². The number of rotatable bonds is 7. The molecule has 11 nitrogen and oxygen atoms in total. The topological polar surface area (TPSA) is 129 Å². The van der Waals surface area contributed by atoms with Crippen LogP contribution in [0.3, 0.4) is 0 Å². The lowest BCUT2D eigenvalue weighted by atomic mass is 9.74. The molecule has 3 amide bonds. The van der Waals surface area contributed by atoms with Crippen molar-refractivity contribution in [3.63, 3.8) is 0 Å². The van der Waals surface area contributed by atoms with Crippen LogP contribution in [-0.4, -0.2) is 96.4 Å². The van der Waals surface area contributed by atoms with Crippen LogP contribution in [0.15, 0.2) is 48.6 Å². The zero-order valence-electron chi connectivity index (χ0n) is 26.0. The monoisotopic (exact) mass is 608 g/mol. The minimum atomic E-state index is -1.39. The van der Waals surface area contributed by atoms with Crippen LogP contribution in [0, 0.1) is 11.8 Å². The van der Waals surface area contributed by atoms with Crippen molar-refractivity contribution in [2.24, 2.45) is 11.8 Å². The highest BCUT2D eigenvalue weighted by Crippen LogP contribution is 2.56. The summed E-state index contributed by atoms with van der Waals surface area (Å²) in [4.78, 5) is 60.4. The maximum absolute atomic E-state index is 14.8. The van der Waals surface area contributed by atoms with Crippen molar-refractivity contribution in [1.29, 1.82) is 0 Å². The first-order valence-electron chi connectivity index (χ1n) is 15.8. The van der Waals surface area contributed by atoms with Gasteiger partial charge in [0, 0.05) is 37.4 Å². The molecule has 2 N–H and O–H groups in total. The fourth-order valence-corrected chi connectivity index (χ4v) is 7.04. The maximum atomic E-state index is 14.8. The third-order valence-electron chi connectivity index (χ3n) is 9.35. The van der Waals surface area contributed by atoms with Gasteiger partial charge in [-0.15, -0.1) is 0 Å². The molecule has 1 spiro atoms. The van der Waals surface area contributed by atoms with Gasteiger partial charge >= 0.3 is 5.97 Å². The SMILES string of the molecule is CC[C@@H](CO)N1C(=O)[C@@H]2[C@H]3C(=O)O[C@@H](C)CNC(=O)CC/C=C\CN(c4ccc(N(CC)CC)cc4)C(=O)[C@@H]1[C@]21C=C[C@H]3O1. The molecule has 4 aliphatic heterocycles. The van der Waals surface area contributed by atoms with E-state index in [0.29, 0.717) is 18.5 Å². The number of nitrogens with one attached hydrogen (secondary N) is 1. The Labute approximate surface area is 258 Å². The van der Waals surface area contributed by atoms with E-state index in [-0.39, 0.29) is 37.9 Å². The third kappa shape index (κ3) is 5.51. The third-order valence-corrected chi connectivity index (χ3v) is 9.35. The minimum Gasteiger partial charge on any atom is -0.460 e. The summed E-state index contributed by atoms with van der Waals surface area (Å²) in [6.07, 6.45) is 6.96. The number of aliphatic hydroxyl groups is 1. The number of allylic oxidation sites excluding steroid dienone is 1. The predicted molar refractivity (Wildman–Crippen MR) is 165 cm³/mol. The molecule has 44 heavy (non-hydrogen) atoms. The van der Waals surface area contributed by atoms with E-state index in [9.17, 15) is 24.3 Å². The first-order chi connectivity index (χ1) is 21.2. The maximum Gasteiger partial charge on any atom is 0.313 e. The molecule has 1 aromatic carbocycles. The zero-order valence-corrected chi connectivity index (χ0v) is 26.0. The largest absolute Gasteiger partial charge is 0.460 e. The van der Waals surface area contributed by atoms with Gasteiger partial charge in [0.2, 0.25) is 11.8 Å². The summed E-state index contributed by atoms with van der Waals surface area (Å²) in [7, 11) is 0. The van der Waals surface area contributed by atoms with Crippen LogP contribution in [0.4, 0.5) is 11.4 Å². The normalized spacial score (nSPS) is 32.0. The molecule has 7 atom stereocenters. The molecule has 0 saturated carbocycles. The Bertz CT molecular complexity index is 1310. The van der Waals surface area contributed by atoms with Crippen LogP contribution in [0.2, 0.25) is 0 Å². The fourth-order valence-electron chi connectivity index (χ4n) is 7.04. The number of amides is 3. The van der Waals surface area contributed by atoms with Crippen LogP contribution in [0.1, 0.15) is 47.0 Å². The molecule has 2 saturated heterocycles. The number of cyclic esters (lactones) is 1. The fraction of sp³-hybridized carbons (Fsp3) is 0.576. The smallest absolute Gasteiger partial charge is 0.313 e. The summed E-state index contributed by atoms with van der Waals surface area (Å²) in [5.41, 5.74) is 0.272. The second kappa shape index (κ2) is 13.1. The molecule has 5 rings (SSSR count). The first-order valence-corrected chi connectivity index (χ1v) is 15.8. The van der Waals surface area contributed by atoms with Crippen molar-refractivity contribution >= 4 is 35.1 Å². The highest BCUT2D eigenvalue weighted by molar-refractivity contribution is 6.05. The van der Waals surface area contributed by atoms with E-state index in [2.05, 4.69) is 24.1 Å². The first kappa shape index (κ1) is 31.7. The molecule has 1 aromatic rings. The second-order valence-electron chi connectivity index (χ2n) is 11.9. The Kier molecular flexibility index (Phi) is 9.45. The van der Waals surface area contributed by atoms with Crippen molar-refractivity contribution in [1.82, 2.24) is 10.2 Å². The van der Waals surface area contributed by atoms with Gasteiger partial charge < -0.3 is 34.6 Å². The number of aliphatic hydroxyl groups excluding tert-OH is 1.